The van der Waals surface area contributed by atoms with Crippen molar-refractivity contribution in [1.29, 1.82) is 0 Å². The van der Waals surface area contributed by atoms with Crippen molar-refractivity contribution in [2.45, 2.75) is 18.8 Å². The Balaban J connectivity index is 1.37. The second kappa shape index (κ2) is 9.35. The Hall–Kier alpha value is -2.96. The Bertz CT molecular complexity index is 1440. The third-order valence-electron chi connectivity index (χ3n) is 5.32. The van der Waals surface area contributed by atoms with Gasteiger partial charge in [-0.25, -0.2) is 9.66 Å². The van der Waals surface area contributed by atoms with Gasteiger partial charge >= 0.3 is 0 Å². The van der Waals surface area contributed by atoms with E-state index >= 15 is 0 Å². The second-order valence-electron chi connectivity index (χ2n) is 7.47. The average Bonchev–Trinajstić information content (AvgIpc) is 3.45. The summed E-state index contributed by atoms with van der Waals surface area (Å²) in [5, 5.41) is 10.0. The Morgan fingerprint density at radius 3 is 2.74 bits per heavy atom. The fraction of sp³-hybridized carbons (Fsp3) is 0.227. The van der Waals surface area contributed by atoms with E-state index in [-0.39, 0.29) is 23.4 Å². The maximum atomic E-state index is 13.0. The van der Waals surface area contributed by atoms with E-state index in [0.29, 0.717) is 32.6 Å². The van der Waals surface area contributed by atoms with Crippen LogP contribution in [0.15, 0.2) is 51.7 Å². The highest BCUT2D eigenvalue weighted by Gasteiger charge is 2.36. The largest absolute Gasteiger partial charge is 0.497 e. The minimum atomic E-state index is -0.195. The minimum Gasteiger partial charge on any atom is -0.497 e. The van der Waals surface area contributed by atoms with Crippen LogP contribution in [-0.4, -0.2) is 38.6 Å². The van der Waals surface area contributed by atoms with Crippen LogP contribution in [0.1, 0.15) is 21.8 Å². The number of nitrogens with zero attached hydrogens (tertiary/aromatic N) is 5. The van der Waals surface area contributed by atoms with Crippen molar-refractivity contribution in [1.82, 2.24) is 19.9 Å². The molecule has 5 rings (SSSR count). The Kier molecular flexibility index (Phi) is 6.28. The second-order valence-corrected chi connectivity index (χ2v) is 10.5. The van der Waals surface area contributed by atoms with Crippen molar-refractivity contribution >= 4 is 61.0 Å². The van der Waals surface area contributed by atoms with Crippen LogP contribution in [0.3, 0.4) is 0 Å². The summed E-state index contributed by atoms with van der Waals surface area (Å²) in [5.41, 5.74) is 4.52. The lowest BCUT2D eigenvalue weighted by Crippen LogP contribution is -2.31. The molecule has 12 heteroatoms. The molecule has 1 atom stereocenters. The topological polar surface area (TPSA) is 102 Å². The van der Waals surface area contributed by atoms with E-state index in [4.69, 9.17) is 4.74 Å². The number of carbonyl (C=O) groups excluding carboxylic acids is 1. The molecular weight excluding hydrogens is 540 g/mol. The Morgan fingerprint density at radius 2 is 1.97 bits per heavy atom. The number of amides is 1. The fourth-order valence-corrected chi connectivity index (χ4v) is 6.06. The van der Waals surface area contributed by atoms with Crippen LogP contribution in [-0.2, 0) is 11.3 Å². The van der Waals surface area contributed by atoms with Gasteiger partial charge in [-0.3, -0.25) is 14.5 Å². The molecule has 9 nitrogen and oxygen atoms in total. The summed E-state index contributed by atoms with van der Waals surface area (Å²) in [6.45, 7) is 2.03. The van der Waals surface area contributed by atoms with Gasteiger partial charge in [0.15, 0.2) is 0 Å². The highest BCUT2D eigenvalue weighted by Crippen LogP contribution is 2.42. The predicted octanol–water partition coefficient (Wildman–Crippen LogP) is 3.85. The predicted molar refractivity (Wildman–Crippen MR) is 137 cm³/mol. The van der Waals surface area contributed by atoms with Crippen molar-refractivity contribution in [3.63, 3.8) is 0 Å². The SMILES string of the molecule is COc1ccc(C2SCC(=O)N2c2nnc(CNn3c(C)nc4ccc(Br)cc4c3=O)s2)cc1. The molecule has 1 amide bonds. The van der Waals surface area contributed by atoms with Gasteiger partial charge in [0.2, 0.25) is 11.0 Å². The number of fused-ring (bicyclic) bond motifs is 1. The molecule has 0 aliphatic carbocycles. The van der Waals surface area contributed by atoms with Gasteiger partial charge in [-0.1, -0.05) is 39.4 Å². The highest BCUT2D eigenvalue weighted by molar-refractivity contribution is 9.10. The molecule has 1 aliphatic rings. The molecule has 0 radical (unpaired) electrons. The molecule has 34 heavy (non-hydrogen) atoms. The fourth-order valence-electron chi connectivity index (χ4n) is 3.66. The number of aromatic nitrogens is 4. The Labute approximate surface area is 211 Å². The van der Waals surface area contributed by atoms with E-state index in [9.17, 15) is 9.59 Å². The number of anilines is 1. The van der Waals surface area contributed by atoms with Crippen molar-refractivity contribution in [3.05, 3.63) is 73.7 Å². The van der Waals surface area contributed by atoms with Crippen molar-refractivity contribution in [2.24, 2.45) is 0 Å². The first kappa shape index (κ1) is 22.8. The van der Waals surface area contributed by atoms with Crippen LogP contribution in [0.2, 0.25) is 0 Å². The van der Waals surface area contributed by atoms with E-state index in [0.717, 1.165) is 15.8 Å². The third-order valence-corrected chi connectivity index (χ3v) is 7.95. The zero-order valence-electron chi connectivity index (χ0n) is 18.2. The number of ether oxygens (including phenoxy) is 1. The van der Waals surface area contributed by atoms with Gasteiger partial charge in [0, 0.05) is 4.47 Å². The van der Waals surface area contributed by atoms with Crippen LogP contribution < -0.4 is 20.6 Å². The first-order valence-corrected chi connectivity index (χ1v) is 12.9. The summed E-state index contributed by atoms with van der Waals surface area (Å²) in [6.07, 6.45) is 0. The smallest absolute Gasteiger partial charge is 0.279 e. The molecule has 1 unspecified atom stereocenters. The number of carbonyl (C=O) groups is 1. The van der Waals surface area contributed by atoms with Crippen molar-refractivity contribution in [3.8, 4) is 5.75 Å². The lowest BCUT2D eigenvalue weighted by atomic mass is 10.2. The van der Waals surface area contributed by atoms with Crippen molar-refractivity contribution in [2.75, 3.05) is 23.2 Å². The van der Waals surface area contributed by atoms with Crippen LogP contribution >= 0.6 is 39.0 Å². The molecule has 4 aromatic rings. The zero-order chi connectivity index (χ0) is 23.8. The van der Waals surface area contributed by atoms with E-state index < -0.39 is 0 Å². The maximum absolute atomic E-state index is 13.0. The number of halogens is 1. The molecule has 1 saturated heterocycles. The van der Waals surface area contributed by atoms with Crippen LogP contribution in [0.4, 0.5) is 5.13 Å². The number of methoxy groups -OCH3 is 1. The average molecular weight is 559 g/mol. The van der Waals surface area contributed by atoms with Crippen molar-refractivity contribution < 1.29 is 9.53 Å². The monoisotopic (exact) mass is 558 g/mol. The molecule has 174 valence electrons. The quantitative estimate of drug-likeness (QED) is 0.380. The summed E-state index contributed by atoms with van der Waals surface area (Å²) in [4.78, 5) is 31.8. The molecule has 1 aliphatic heterocycles. The van der Waals surface area contributed by atoms with E-state index in [2.05, 4.69) is 36.5 Å². The van der Waals surface area contributed by atoms with Gasteiger partial charge in [-0.05, 0) is 42.8 Å². The van der Waals surface area contributed by atoms with Gasteiger partial charge in [0.1, 0.15) is 22.0 Å². The number of rotatable bonds is 6. The van der Waals surface area contributed by atoms with Gasteiger partial charge in [-0.15, -0.1) is 22.0 Å². The van der Waals surface area contributed by atoms with E-state index in [1.807, 2.05) is 30.3 Å². The number of benzene rings is 2. The van der Waals surface area contributed by atoms with Gasteiger partial charge in [0.25, 0.3) is 5.56 Å². The van der Waals surface area contributed by atoms with Gasteiger partial charge < -0.3 is 10.2 Å². The van der Waals surface area contributed by atoms with E-state index in [1.54, 1.807) is 42.8 Å². The normalized spacial score (nSPS) is 15.8. The minimum absolute atomic E-state index is 0.0159. The van der Waals surface area contributed by atoms with Gasteiger partial charge in [-0.2, -0.15) is 0 Å². The molecule has 3 heterocycles. The standard InChI is InChI=1S/C22H19BrN6O3S2/c1-12-25-17-8-5-14(23)9-16(17)20(31)29(12)24-10-18-26-27-22(34-18)28-19(30)11-33-21(28)13-3-6-15(32-2)7-4-13/h3-9,21,24H,10-11H2,1-2H3. The van der Waals surface area contributed by atoms with Crippen LogP contribution in [0, 0.1) is 6.92 Å². The summed E-state index contributed by atoms with van der Waals surface area (Å²) >= 11 is 6.26. The molecule has 0 bridgehead atoms. The third kappa shape index (κ3) is 4.28. The summed E-state index contributed by atoms with van der Waals surface area (Å²) in [6, 6.07) is 13.1. The summed E-state index contributed by atoms with van der Waals surface area (Å²) in [7, 11) is 1.62. The molecule has 2 aromatic heterocycles. The number of hydrogen-bond donors (Lipinski definition) is 1. The first-order chi connectivity index (χ1) is 16.4. The summed E-state index contributed by atoms with van der Waals surface area (Å²) < 4.78 is 7.45. The lowest BCUT2D eigenvalue weighted by molar-refractivity contribution is -0.115. The van der Waals surface area contributed by atoms with E-state index in [1.165, 1.54) is 16.0 Å². The zero-order valence-corrected chi connectivity index (χ0v) is 21.4. The summed E-state index contributed by atoms with van der Waals surface area (Å²) in [5.74, 6) is 1.65. The number of hydrogen-bond acceptors (Lipinski definition) is 9. The molecule has 0 saturated carbocycles. The number of aryl methyl sites for hydroxylation is 1. The number of thioether (sulfide) groups is 1. The molecule has 2 aromatic carbocycles. The lowest BCUT2D eigenvalue weighted by Gasteiger charge is -2.21. The number of nitrogens with one attached hydrogen (secondary N) is 1. The molecule has 1 N–H and O–H groups in total. The highest BCUT2D eigenvalue weighted by atomic mass is 79.9. The van der Waals surface area contributed by atoms with Crippen LogP contribution in [0.5, 0.6) is 5.75 Å². The maximum Gasteiger partial charge on any atom is 0.279 e. The first-order valence-electron chi connectivity index (χ1n) is 10.3. The van der Waals surface area contributed by atoms with Gasteiger partial charge in [0.05, 0.1) is 30.3 Å². The van der Waals surface area contributed by atoms with Crippen LogP contribution in [0.25, 0.3) is 10.9 Å². The molecule has 1 fully saturated rings. The Morgan fingerprint density at radius 1 is 1.18 bits per heavy atom. The molecular formula is C22H19BrN6O3S2. The molecule has 0 spiro atoms.